The number of Topliss-reactive ketones (excluding diaryl/α,β-unsaturated/α-hetero) is 2. The highest BCUT2D eigenvalue weighted by molar-refractivity contribution is 6.10. The van der Waals surface area contributed by atoms with E-state index in [-0.39, 0.29) is 23.5 Å². The molecule has 4 atom stereocenters. The minimum Gasteiger partial charge on any atom is -0.299 e. The average molecular weight is 244 g/mol. The van der Waals surface area contributed by atoms with Gasteiger partial charge in [-0.2, -0.15) is 0 Å². The van der Waals surface area contributed by atoms with Crippen molar-refractivity contribution in [3.05, 3.63) is 23.8 Å². The van der Waals surface area contributed by atoms with Crippen molar-refractivity contribution in [2.24, 2.45) is 23.7 Å². The maximum Gasteiger partial charge on any atom is 0.163 e. The van der Waals surface area contributed by atoms with Crippen LogP contribution >= 0.6 is 0 Å². The van der Waals surface area contributed by atoms with Crippen LogP contribution < -0.4 is 0 Å². The van der Waals surface area contributed by atoms with Crippen LogP contribution in [-0.4, -0.2) is 11.6 Å². The van der Waals surface area contributed by atoms with Gasteiger partial charge in [-0.05, 0) is 31.6 Å². The Morgan fingerprint density at radius 1 is 1.22 bits per heavy atom. The molecule has 3 aliphatic carbocycles. The van der Waals surface area contributed by atoms with Gasteiger partial charge < -0.3 is 0 Å². The van der Waals surface area contributed by atoms with Crippen LogP contribution in [0.3, 0.4) is 0 Å². The highest BCUT2D eigenvalue weighted by Gasteiger charge is 2.48. The predicted molar refractivity (Wildman–Crippen MR) is 70.0 cm³/mol. The zero-order valence-corrected chi connectivity index (χ0v) is 10.9. The Labute approximate surface area is 108 Å². The van der Waals surface area contributed by atoms with Gasteiger partial charge in [0.25, 0.3) is 0 Å². The lowest BCUT2D eigenvalue weighted by Crippen LogP contribution is -2.46. The summed E-state index contributed by atoms with van der Waals surface area (Å²) in [6, 6.07) is 0. The van der Waals surface area contributed by atoms with Crippen LogP contribution in [0.1, 0.15) is 39.0 Å². The quantitative estimate of drug-likeness (QED) is 0.710. The van der Waals surface area contributed by atoms with Gasteiger partial charge in [0.15, 0.2) is 5.78 Å². The molecule has 0 aromatic heterocycles. The number of ketones is 2. The molecule has 96 valence electrons. The summed E-state index contributed by atoms with van der Waals surface area (Å²) in [5, 5.41) is 0. The van der Waals surface area contributed by atoms with Crippen molar-refractivity contribution < 1.29 is 9.59 Å². The number of fused-ring (bicyclic) bond motifs is 2. The van der Waals surface area contributed by atoms with Gasteiger partial charge in [-0.15, -0.1) is 0 Å². The molecule has 3 aliphatic rings. The molecule has 2 nitrogen and oxygen atoms in total. The number of hydrogen-bond acceptors (Lipinski definition) is 2. The molecule has 0 N–H and O–H groups in total. The molecule has 0 saturated heterocycles. The molecule has 4 unspecified atom stereocenters. The van der Waals surface area contributed by atoms with Gasteiger partial charge >= 0.3 is 0 Å². The summed E-state index contributed by atoms with van der Waals surface area (Å²) < 4.78 is 0. The second-order valence-electron chi connectivity index (χ2n) is 5.91. The van der Waals surface area contributed by atoms with E-state index in [1.165, 1.54) is 0 Å². The number of hydrogen-bond donors (Lipinski definition) is 0. The standard InChI is InChI=1S/C16H20O2/c1-2-10-7-8-13-14(9-10)16(18)12-6-4-3-5-11(12)15(13)17/h3-4,6,10-11,13-14H,2,5,7-9H2,1H3. The van der Waals surface area contributed by atoms with Crippen LogP contribution in [0.2, 0.25) is 0 Å². The van der Waals surface area contributed by atoms with Crippen LogP contribution in [0.5, 0.6) is 0 Å². The summed E-state index contributed by atoms with van der Waals surface area (Å²) in [5.74, 6) is 1.14. The van der Waals surface area contributed by atoms with Crippen molar-refractivity contribution >= 4 is 11.6 Å². The van der Waals surface area contributed by atoms with Gasteiger partial charge in [0, 0.05) is 23.3 Å². The van der Waals surface area contributed by atoms with E-state index >= 15 is 0 Å². The Bertz CT molecular complexity index is 444. The zero-order chi connectivity index (χ0) is 12.7. The van der Waals surface area contributed by atoms with Gasteiger partial charge in [-0.1, -0.05) is 31.6 Å². The topological polar surface area (TPSA) is 34.1 Å². The fraction of sp³-hybridized carbons (Fsp3) is 0.625. The molecule has 0 aliphatic heterocycles. The molecule has 18 heavy (non-hydrogen) atoms. The molecule has 0 bridgehead atoms. The van der Waals surface area contributed by atoms with Crippen LogP contribution in [0.25, 0.3) is 0 Å². The lowest BCUT2D eigenvalue weighted by Gasteiger charge is -2.41. The molecule has 0 aromatic rings. The fourth-order valence-electron chi connectivity index (χ4n) is 3.88. The molecule has 3 rings (SSSR count). The number of carbonyl (C=O) groups excluding carboxylic acids is 2. The van der Waals surface area contributed by atoms with Crippen molar-refractivity contribution in [1.82, 2.24) is 0 Å². The molecular weight excluding hydrogens is 224 g/mol. The predicted octanol–water partition coefficient (Wildman–Crippen LogP) is 3.08. The van der Waals surface area contributed by atoms with E-state index in [0.717, 1.165) is 37.7 Å². The normalized spacial score (nSPS) is 39.1. The largest absolute Gasteiger partial charge is 0.299 e. The average Bonchev–Trinajstić information content (AvgIpc) is 2.44. The fourth-order valence-corrected chi connectivity index (χ4v) is 3.88. The first-order valence-electron chi connectivity index (χ1n) is 7.17. The first-order valence-corrected chi connectivity index (χ1v) is 7.17. The minimum atomic E-state index is -0.123. The SMILES string of the molecule is CCC1CCC2C(=O)C3CC=CC=C3C(=O)C2C1. The maximum atomic E-state index is 12.5. The van der Waals surface area contributed by atoms with Gasteiger partial charge in [0.05, 0.1) is 0 Å². The number of carbonyl (C=O) groups is 2. The Balaban J connectivity index is 1.92. The Kier molecular flexibility index (Phi) is 2.96. The van der Waals surface area contributed by atoms with Gasteiger partial charge in [-0.25, -0.2) is 0 Å². The lowest BCUT2D eigenvalue weighted by molar-refractivity contribution is -0.140. The Morgan fingerprint density at radius 3 is 2.83 bits per heavy atom. The molecular formula is C16H20O2. The summed E-state index contributed by atoms with van der Waals surface area (Å²) in [6.45, 7) is 2.19. The van der Waals surface area contributed by atoms with E-state index in [1.54, 1.807) is 0 Å². The van der Waals surface area contributed by atoms with Crippen molar-refractivity contribution in [2.45, 2.75) is 39.0 Å². The molecule has 0 heterocycles. The number of rotatable bonds is 1. The molecule has 2 saturated carbocycles. The van der Waals surface area contributed by atoms with Crippen LogP contribution in [0.4, 0.5) is 0 Å². The van der Waals surface area contributed by atoms with E-state index in [1.807, 2.05) is 18.2 Å². The molecule has 2 heteroatoms. The second kappa shape index (κ2) is 4.49. The van der Waals surface area contributed by atoms with E-state index in [2.05, 4.69) is 6.92 Å². The maximum absolute atomic E-state index is 12.5. The Morgan fingerprint density at radius 2 is 2.06 bits per heavy atom. The molecule has 2 fully saturated rings. The highest BCUT2D eigenvalue weighted by Crippen LogP contribution is 2.45. The number of allylic oxidation sites excluding steroid dienone is 4. The second-order valence-corrected chi connectivity index (χ2v) is 5.91. The third-order valence-electron chi connectivity index (χ3n) is 5.03. The Hall–Kier alpha value is -1.18. The first kappa shape index (κ1) is 11.9. The van der Waals surface area contributed by atoms with Crippen LogP contribution in [-0.2, 0) is 9.59 Å². The van der Waals surface area contributed by atoms with Crippen molar-refractivity contribution in [2.75, 3.05) is 0 Å². The lowest BCUT2D eigenvalue weighted by atomic mass is 9.60. The molecule has 0 radical (unpaired) electrons. The highest BCUT2D eigenvalue weighted by atomic mass is 16.1. The summed E-state index contributed by atoms with van der Waals surface area (Å²) in [5.41, 5.74) is 0.792. The third kappa shape index (κ3) is 1.70. The van der Waals surface area contributed by atoms with Gasteiger partial charge in [0.1, 0.15) is 5.78 Å². The first-order chi connectivity index (χ1) is 8.72. The van der Waals surface area contributed by atoms with Gasteiger partial charge in [-0.3, -0.25) is 9.59 Å². The van der Waals surface area contributed by atoms with E-state index < -0.39 is 0 Å². The minimum absolute atomic E-state index is 0.00907. The van der Waals surface area contributed by atoms with Gasteiger partial charge in [0.2, 0.25) is 0 Å². The molecule has 0 spiro atoms. The zero-order valence-electron chi connectivity index (χ0n) is 10.9. The van der Waals surface area contributed by atoms with Crippen molar-refractivity contribution in [3.8, 4) is 0 Å². The molecule has 0 aromatic carbocycles. The summed E-state index contributed by atoms with van der Waals surface area (Å²) in [4.78, 5) is 25.1. The van der Waals surface area contributed by atoms with Crippen molar-refractivity contribution in [1.29, 1.82) is 0 Å². The summed E-state index contributed by atoms with van der Waals surface area (Å²) >= 11 is 0. The van der Waals surface area contributed by atoms with E-state index in [9.17, 15) is 9.59 Å². The summed E-state index contributed by atoms with van der Waals surface area (Å²) in [6.07, 6.45) is 10.7. The monoisotopic (exact) mass is 244 g/mol. The summed E-state index contributed by atoms with van der Waals surface area (Å²) in [7, 11) is 0. The van der Waals surface area contributed by atoms with Crippen molar-refractivity contribution in [3.63, 3.8) is 0 Å². The van der Waals surface area contributed by atoms with E-state index in [4.69, 9.17) is 0 Å². The van der Waals surface area contributed by atoms with Crippen LogP contribution in [0, 0.1) is 23.7 Å². The van der Waals surface area contributed by atoms with Crippen LogP contribution in [0.15, 0.2) is 23.8 Å². The van der Waals surface area contributed by atoms with E-state index in [0.29, 0.717) is 11.7 Å². The smallest absolute Gasteiger partial charge is 0.163 e. The molecule has 0 amide bonds. The third-order valence-corrected chi connectivity index (χ3v) is 5.03.